The van der Waals surface area contributed by atoms with Crippen molar-refractivity contribution >= 4 is 33.3 Å². The Labute approximate surface area is 137 Å². The zero-order valence-electron chi connectivity index (χ0n) is 12.4. The fourth-order valence-corrected chi connectivity index (χ4v) is 2.38. The number of ketones is 1. The van der Waals surface area contributed by atoms with E-state index in [1.807, 2.05) is 25.1 Å². The SMILES string of the molecule is CC(=O)c1cccc(OCC(=O)Nc2ccc(Br)cc2C)c1. The van der Waals surface area contributed by atoms with Gasteiger partial charge in [-0.2, -0.15) is 0 Å². The van der Waals surface area contributed by atoms with E-state index in [1.54, 1.807) is 24.3 Å². The number of benzene rings is 2. The lowest BCUT2D eigenvalue weighted by atomic mass is 10.1. The van der Waals surface area contributed by atoms with E-state index in [0.29, 0.717) is 11.3 Å². The second kappa shape index (κ2) is 7.22. The molecule has 22 heavy (non-hydrogen) atoms. The summed E-state index contributed by atoms with van der Waals surface area (Å²) in [6.07, 6.45) is 0. The maximum absolute atomic E-state index is 11.9. The van der Waals surface area contributed by atoms with Crippen molar-refractivity contribution in [3.63, 3.8) is 0 Å². The van der Waals surface area contributed by atoms with Crippen LogP contribution in [0.2, 0.25) is 0 Å². The van der Waals surface area contributed by atoms with Gasteiger partial charge in [-0.15, -0.1) is 0 Å². The van der Waals surface area contributed by atoms with E-state index in [-0.39, 0.29) is 18.3 Å². The lowest BCUT2D eigenvalue weighted by molar-refractivity contribution is -0.118. The number of nitrogens with one attached hydrogen (secondary N) is 1. The number of rotatable bonds is 5. The van der Waals surface area contributed by atoms with Crippen LogP contribution in [0.3, 0.4) is 0 Å². The standard InChI is InChI=1S/C17H16BrNO3/c1-11-8-14(18)6-7-16(11)19-17(21)10-22-15-5-3-4-13(9-15)12(2)20/h3-9H,10H2,1-2H3,(H,19,21). The number of carbonyl (C=O) groups excluding carboxylic acids is 2. The summed E-state index contributed by atoms with van der Waals surface area (Å²) in [5.74, 6) is 0.203. The Morgan fingerprint density at radius 2 is 1.95 bits per heavy atom. The van der Waals surface area contributed by atoms with E-state index in [2.05, 4.69) is 21.2 Å². The van der Waals surface area contributed by atoms with Crippen molar-refractivity contribution in [1.29, 1.82) is 0 Å². The Kier molecular flexibility index (Phi) is 5.33. The molecule has 2 aromatic carbocycles. The monoisotopic (exact) mass is 361 g/mol. The van der Waals surface area contributed by atoms with Crippen LogP contribution in [-0.4, -0.2) is 18.3 Å². The number of carbonyl (C=O) groups is 2. The van der Waals surface area contributed by atoms with Crippen molar-refractivity contribution in [2.75, 3.05) is 11.9 Å². The molecule has 0 heterocycles. The van der Waals surface area contributed by atoms with Gasteiger partial charge >= 0.3 is 0 Å². The molecule has 1 amide bonds. The fourth-order valence-electron chi connectivity index (χ4n) is 1.91. The van der Waals surface area contributed by atoms with Gasteiger partial charge in [-0.25, -0.2) is 0 Å². The first-order chi connectivity index (χ1) is 10.5. The molecule has 0 aromatic heterocycles. The maximum atomic E-state index is 11.9. The topological polar surface area (TPSA) is 55.4 Å². The second-order valence-corrected chi connectivity index (χ2v) is 5.80. The van der Waals surface area contributed by atoms with Gasteiger partial charge in [-0.3, -0.25) is 9.59 Å². The summed E-state index contributed by atoms with van der Waals surface area (Å²) in [4.78, 5) is 23.2. The third kappa shape index (κ3) is 4.43. The van der Waals surface area contributed by atoms with Crippen molar-refractivity contribution < 1.29 is 14.3 Å². The van der Waals surface area contributed by atoms with Crippen LogP contribution >= 0.6 is 15.9 Å². The normalized spacial score (nSPS) is 10.1. The molecule has 4 nitrogen and oxygen atoms in total. The van der Waals surface area contributed by atoms with Crippen molar-refractivity contribution in [2.45, 2.75) is 13.8 Å². The van der Waals surface area contributed by atoms with Crippen molar-refractivity contribution in [2.24, 2.45) is 0 Å². The van der Waals surface area contributed by atoms with Gasteiger partial charge in [-0.1, -0.05) is 28.1 Å². The number of aryl methyl sites for hydroxylation is 1. The van der Waals surface area contributed by atoms with Crippen LogP contribution in [-0.2, 0) is 4.79 Å². The van der Waals surface area contributed by atoms with Crippen molar-refractivity contribution in [1.82, 2.24) is 0 Å². The minimum atomic E-state index is -0.251. The minimum absolute atomic E-state index is 0.0413. The van der Waals surface area contributed by atoms with Gasteiger partial charge in [0, 0.05) is 15.7 Å². The second-order valence-electron chi connectivity index (χ2n) is 4.88. The van der Waals surface area contributed by atoms with Crippen molar-refractivity contribution in [3.05, 3.63) is 58.1 Å². The smallest absolute Gasteiger partial charge is 0.262 e. The number of amides is 1. The zero-order valence-corrected chi connectivity index (χ0v) is 13.9. The molecular weight excluding hydrogens is 346 g/mol. The molecule has 2 aromatic rings. The highest BCUT2D eigenvalue weighted by Gasteiger charge is 2.07. The van der Waals surface area contributed by atoms with Gasteiger partial charge in [0.1, 0.15) is 5.75 Å². The summed E-state index contributed by atoms with van der Waals surface area (Å²) < 4.78 is 6.38. The molecule has 0 aliphatic rings. The fraction of sp³-hybridized carbons (Fsp3) is 0.176. The van der Waals surface area contributed by atoms with E-state index in [0.717, 1.165) is 15.7 Å². The molecule has 2 rings (SSSR count). The number of ether oxygens (including phenoxy) is 1. The summed E-state index contributed by atoms with van der Waals surface area (Å²) in [5.41, 5.74) is 2.26. The van der Waals surface area contributed by atoms with Crippen LogP contribution in [0.5, 0.6) is 5.75 Å². The molecule has 0 saturated carbocycles. The number of Topliss-reactive ketones (excluding diaryl/α,β-unsaturated/α-hetero) is 1. The van der Waals surface area contributed by atoms with Gasteiger partial charge < -0.3 is 10.1 Å². The van der Waals surface area contributed by atoms with Crippen LogP contribution in [0.25, 0.3) is 0 Å². The predicted octanol–water partition coefficient (Wildman–Crippen LogP) is 3.98. The van der Waals surface area contributed by atoms with Gasteiger partial charge in [0.15, 0.2) is 12.4 Å². The molecule has 0 spiro atoms. The summed E-state index contributed by atoms with van der Waals surface area (Å²) in [5, 5.41) is 2.79. The largest absolute Gasteiger partial charge is 0.484 e. The average Bonchev–Trinajstić information content (AvgIpc) is 2.48. The molecule has 0 unspecified atom stereocenters. The number of hydrogen-bond acceptors (Lipinski definition) is 3. The number of hydrogen-bond donors (Lipinski definition) is 1. The Balaban J connectivity index is 1.95. The first kappa shape index (κ1) is 16.2. The third-order valence-electron chi connectivity index (χ3n) is 3.07. The molecule has 0 fully saturated rings. The highest BCUT2D eigenvalue weighted by Crippen LogP contribution is 2.20. The van der Waals surface area contributed by atoms with Gasteiger partial charge in [0.25, 0.3) is 5.91 Å². The van der Waals surface area contributed by atoms with E-state index in [9.17, 15) is 9.59 Å². The number of halogens is 1. The van der Waals surface area contributed by atoms with Crippen LogP contribution in [0, 0.1) is 6.92 Å². The summed E-state index contributed by atoms with van der Waals surface area (Å²) >= 11 is 3.38. The molecule has 114 valence electrons. The summed E-state index contributed by atoms with van der Waals surface area (Å²) in [6, 6.07) is 12.4. The Morgan fingerprint density at radius 3 is 2.64 bits per heavy atom. The van der Waals surface area contributed by atoms with Gasteiger partial charge in [0.2, 0.25) is 0 Å². The first-order valence-electron chi connectivity index (χ1n) is 6.75. The molecule has 1 N–H and O–H groups in total. The van der Waals surface area contributed by atoms with E-state index in [4.69, 9.17) is 4.74 Å². The van der Waals surface area contributed by atoms with Crippen LogP contribution in [0.15, 0.2) is 46.9 Å². The zero-order chi connectivity index (χ0) is 16.1. The highest BCUT2D eigenvalue weighted by molar-refractivity contribution is 9.10. The molecule has 0 aliphatic heterocycles. The Bertz CT molecular complexity index is 713. The van der Waals surface area contributed by atoms with Crippen LogP contribution in [0.1, 0.15) is 22.8 Å². The third-order valence-corrected chi connectivity index (χ3v) is 3.57. The molecule has 0 atom stereocenters. The molecule has 0 aliphatic carbocycles. The first-order valence-corrected chi connectivity index (χ1v) is 7.55. The highest BCUT2D eigenvalue weighted by atomic mass is 79.9. The van der Waals surface area contributed by atoms with Crippen LogP contribution in [0.4, 0.5) is 5.69 Å². The summed E-state index contributed by atoms with van der Waals surface area (Å²) in [6.45, 7) is 3.29. The minimum Gasteiger partial charge on any atom is -0.484 e. The Morgan fingerprint density at radius 1 is 1.18 bits per heavy atom. The molecule has 0 saturated heterocycles. The summed E-state index contributed by atoms with van der Waals surface area (Å²) in [7, 11) is 0. The van der Waals surface area contributed by atoms with Crippen LogP contribution < -0.4 is 10.1 Å². The maximum Gasteiger partial charge on any atom is 0.262 e. The van der Waals surface area contributed by atoms with Crippen molar-refractivity contribution in [3.8, 4) is 5.75 Å². The predicted molar refractivity (Wildman–Crippen MR) is 89.5 cm³/mol. The molecule has 0 bridgehead atoms. The van der Waals surface area contributed by atoms with Gasteiger partial charge in [0.05, 0.1) is 0 Å². The number of anilines is 1. The lowest BCUT2D eigenvalue weighted by Gasteiger charge is -2.10. The van der Waals surface area contributed by atoms with E-state index in [1.165, 1.54) is 6.92 Å². The molecule has 5 heteroatoms. The molecule has 0 radical (unpaired) electrons. The van der Waals surface area contributed by atoms with E-state index < -0.39 is 0 Å². The quantitative estimate of drug-likeness (QED) is 0.819. The van der Waals surface area contributed by atoms with E-state index >= 15 is 0 Å². The molecular formula is C17H16BrNO3. The Hall–Kier alpha value is -2.14. The average molecular weight is 362 g/mol. The van der Waals surface area contributed by atoms with Gasteiger partial charge in [-0.05, 0) is 49.7 Å². The lowest BCUT2D eigenvalue weighted by Crippen LogP contribution is -2.20.